The van der Waals surface area contributed by atoms with Gasteiger partial charge in [-0.25, -0.2) is 4.98 Å². The fourth-order valence-electron chi connectivity index (χ4n) is 2.24. The van der Waals surface area contributed by atoms with Crippen molar-refractivity contribution in [3.63, 3.8) is 0 Å². The average molecular weight is 476 g/mol. The fourth-order valence-corrected chi connectivity index (χ4v) is 2.46. The molecule has 0 saturated heterocycles. The summed E-state index contributed by atoms with van der Waals surface area (Å²) >= 11 is 5.68. The topological polar surface area (TPSA) is 116 Å². The average Bonchev–Trinajstić information content (AvgIpc) is 2.76. The van der Waals surface area contributed by atoms with Gasteiger partial charge >= 0.3 is 12.1 Å². The van der Waals surface area contributed by atoms with E-state index in [9.17, 15) is 27.6 Å². The van der Waals surface area contributed by atoms with Crippen LogP contribution in [0.3, 0.4) is 0 Å². The number of carbonyl (C=O) groups excluding carboxylic acids is 3. The van der Waals surface area contributed by atoms with E-state index in [4.69, 9.17) is 25.8 Å². The van der Waals surface area contributed by atoms with Crippen molar-refractivity contribution >= 4 is 35.2 Å². The van der Waals surface area contributed by atoms with Crippen LogP contribution in [0.5, 0.6) is 11.5 Å². The lowest BCUT2D eigenvalue weighted by molar-refractivity contribution is -0.146. The van der Waals surface area contributed by atoms with Crippen LogP contribution in [0.4, 0.5) is 19.0 Å². The van der Waals surface area contributed by atoms with Gasteiger partial charge in [0.2, 0.25) is 0 Å². The van der Waals surface area contributed by atoms with Crippen LogP contribution in [0.1, 0.15) is 15.9 Å². The molecule has 32 heavy (non-hydrogen) atoms. The van der Waals surface area contributed by atoms with E-state index in [0.29, 0.717) is 23.8 Å². The number of alkyl halides is 3. The molecule has 0 aliphatic rings. The van der Waals surface area contributed by atoms with Gasteiger partial charge in [-0.15, -0.1) is 0 Å². The Morgan fingerprint density at radius 3 is 2.22 bits per heavy atom. The van der Waals surface area contributed by atoms with Crippen molar-refractivity contribution in [1.29, 1.82) is 0 Å². The first-order valence-electron chi connectivity index (χ1n) is 8.73. The Morgan fingerprint density at radius 2 is 1.69 bits per heavy atom. The van der Waals surface area contributed by atoms with Crippen molar-refractivity contribution in [3.8, 4) is 11.5 Å². The molecular weight excluding hydrogens is 459 g/mol. The van der Waals surface area contributed by atoms with Gasteiger partial charge in [-0.1, -0.05) is 11.6 Å². The van der Waals surface area contributed by atoms with Crippen LogP contribution in [-0.4, -0.2) is 50.1 Å². The van der Waals surface area contributed by atoms with Crippen LogP contribution in [0, 0.1) is 0 Å². The highest BCUT2D eigenvalue weighted by Crippen LogP contribution is 2.32. The molecule has 1 aromatic heterocycles. The zero-order chi connectivity index (χ0) is 23.9. The van der Waals surface area contributed by atoms with Crippen LogP contribution in [0.15, 0.2) is 30.5 Å². The van der Waals surface area contributed by atoms with E-state index < -0.39 is 47.7 Å². The maximum atomic E-state index is 12.6. The summed E-state index contributed by atoms with van der Waals surface area (Å²) in [7, 11) is 2.82. The van der Waals surface area contributed by atoms with E-state index in [-0.39, 0.29) is 11.4 Å². The molecule has 0 radical (unpaired) electrons. The van der Waals surface area contributed by atoms with Crippen molar-refractivity contribution in [1.82, 2.24) is 10.3 Å². The number of halogens is 4. The van der Waals surface area contributed by atoms with Gasteiger partial charge < -0.3 is 24.8 Å². The molecular formula is C19H17ClF3N3O6. The molecule has 0 saturated carbocycles. The summed E-state index contributed by atoms with van der Waals surface area (Å²) in [6.07, 6.45) is -4.15. The number of nitrogens with zero attached hydrogens (tertiary/aromatic N) is 1. The standard InChI is InChI=1S/C19H17ClF3N3O6/c1-30-12-3-10(4-13(6-12)31-2)18(29)25-8-16(28)32-9-15(27)26-17-14(20)5-11(7-24-17)19(21,22)23/h3-7H,8-9H2,1-2H3,(H,25,29)(H,24,26,27). The zero-order valence-electron chi connectivity index (χ0n) is 16.7. The second kappa shape index (κ2) is 10.7. The molecule has 0 aliphatic carbocycles. The number of aromatic nitrogens is 1. The number of methoxy groups -OCH3 is 2. The molecule has 172 valence electrons. The van der Waals surface area contributed by atoms with Crippen molar-refractivity contribution in [2.75, 3.05) is 32.7 Å². The molecule has 0 spiro atoms. The Hall–Kier alpha value is -3.54. The Bertz CT molecular complexity index is 994. The Balaban J connectivity index is 1.84. The van der Waals surface area contributed by atoms with Crippen LogP contribution in [0.2, 0.25) is 5.02 Å². The molecule has 2 N–H and O–H groups in total. The van der Waals surface area contributed by atoms with Gasteiger partial charge in [0.25, 0.3) is 11.8 Å². The van der Waals surface area contributed by atoms with E-state index in [1.54, 1.807) is 6.07 Å². The molecule has 1 aromatic carbocycles. The predicted molar refractivity (Wildman–Crippen MR) is 106 cm³/mol. The summed E-state index contributed by atoms with van der Waals surface area (Å²) in [5.41, 5.74) is -0.925. The molecule has 0 fully saturated rings. The molecule has 13 heteroatoms. The summed E-state index contributed by atoms with van der Waals surface area (Å²) in [6, 6.07) is 5.01. The lowest BCUT2D eigenvalue weighted by Gasteiger charge is -2.11. The second-order valence-electron chi connectivity index (χ2n) is 6.05. The number of hydrogen-bond donors (Lipinski definition) is 2. The molecule has 0 atom stereocenters. The van der Waals surface area contributed by atoms with Crippen LogP contribution in [0.25, 0.3) is 0 Å². The summed E-state index contributed by atoms with van der Waals surface area (Å²) < 4.78 is 52.6. The fraction of sp³-hybridized carbons (Fsp3) is 0.263. The van der Waals surface area contributed by atoms with Crippen molar-refractivity contribution in [2.45, 2.75) is 6.18 Å². The summed E-state index contributed by atoms with van der Waals surface area (Å²) in [5.74, 6) is -2.05. The number of anilines is 1. The van der Waals surface area contributed by atoms with E-state index >= 15 is 0 Å². The van der Waals surface area contributed by atoms with E-state index in [1.165, 1.54) is 26.4 Å². The lowest BCUT2D eigenvalue weighted by Crippen LogP contribution is -2.32. The number of hydrogen-bond acceptors (Lipinski definition) is 7. The largest absolute Gasteiger partial charge is 0.497 e. The monoisotopic (exact) mass is 475 g/mol. The molecule has 1 heterocycles. The third-order valence-corrected chi connectivity index (χ3v) is 4.09. The molecule has 2 rings (SSSR count). The molecule has 2 amide bonds. The van der Waals surface area contributed by atoms with Crippen molar-refractivity contribution in [2.24, 2.45) is 0 Å². The normalized spacial score (nSPS) is 10.8. The number of nitrogens with one attached hydrogen (secondary N) is 2. The molecule has 0 bridgehead atoms. The van der Waals surface area contributed by atoms with E-state index in [0.717, 1.165) is 0 Å². The van der Waals surface area contributed by atoms with Crippen LogP contribution < -0.4 is 20.1 Å². The molecule has 2 aromatic rings. The second-order valence-corrected chi connectivity index (χ2v) is 6.45. The van der Waals surface area contributed by atoms with Gasteiger partial charge in [-0.2, -0.15) is 13.2 Å². The minimum atomic E-state index is -4.64. The summed E-state index contributed by atoms with van der Waals surface area (Å²) in [4.78, 5) is 39.2. The van der Waals surface area contributed by atoms with E-state index in [2.05, 4.69) is 15.6 Å². The Kier molecular flexibility index (Phi) is 8.24. The Morgan fingerprint density at radius 1 is 1.06 bits per heavy atom. The maximum absolute atomic E-state index is 12.6. The molecule has 9 nitrogen and oxygen atoms in total. The quantitative estimate of drug-likeness (QED) is 0.564. The highest BCUT2D eigenvalue weighted by Gasteiger charge is 2.31. The van der Waals surface area contributed by atoms with Crippen LogP contribution in [-0.2, 0) is 20.5 Å². The number of ether oxygens (including phenoxy) is 3. The summed E-state index contributed by atoms with van der Waals surface area (Å²) in [6.45, 7) is -1.33. The number of benzene rings is 1. The van der Waals surface area contributed by atoms with Gasteiger partial charge in [-0.3, -0.25) is 14.4 Å². The molecule has 0 unspecified atom stereocenters. The Labute approximate surface area is 184 Å². The number of pyridine rings is 1. The highest BCUT2D eigenvalue weighted by molar-refractivity contribution is 6.33. The van der Waals surface area contributed by atoms with Gasteiger partial charge in [0.05, 0.1) is 24.8 Å². The number of amides is 2. The first-order chi connectivity index (χ1) is 15.0. The number of carbonyl (C=O) groups is 3. The SMILES string of the molecule is COc1cc(OC)cc(C(=O)NCC(=O)OCC(=O)Nc2ncc(C(F)(F)F)cc2Cl)c1. The van der Waals surface area contributed by atoms with Gasteiger partial charge in [0, 0.05) is 17.8 Å². The molecule has 0 aliphatic heterocycles. The first kappa shape index (κ1) is 24.7. The van der Waals surface area contributed by atoms with Crippen LogP contribution >= 0.6 is 11.6 Å². The maximum Gasteiger partial charge on any atom is 0.417 e. The third-order valence-electron chi connectivity index (χ3n) is 3.80. The minimum Gasteiger partial charge on any atom is -0.497 e. The highest BCUT2D eigenvalue weighted by atomic mass is 35.5. The van der Waals surface area contributed by atoms with Gasteiger partial charge in [0.15, 0.2) is 12.4 Å². The van der Waals surface area contributed by atoms with E-state index in [1.807, 2.05) is 0 Å². The van der Waals surface area contributed by atoms with Crippen molar-refractivity contribution < 1.29 is 41.8 Å². The zero-order valence-corrected chi connectivity index (χ0v) is 17.5. The first-order valence-corrected chi connectivity index (χ1v) is 9.10. The number of rotatable bonds is 8. The minimum absolute atomic E-state index is 0.162. The van der Waals surface area contributed by atoms with Crippen molar-refractivity contribution in [3.05, 3.63) is 46.6 Å². The van der Waals surface area contributed by atoms with Gasteiger partial charge in [-0.05, 0) is 18.2 Å². The predicted octanol–water partition coefficient (Wildman–Crippen LogP) is 2.68. The third kappa shape index (κ3) is 7.01. The smallest absolute Gasteiger partial charge is 0.417 e. The van der Waals surface area contributed by atoms with Gasteiger partial charge in [0.1, 0.15) is 18.0 Å². The lowest BCUT2D eigenvalue weighted by atomic mass is 10.2. The number of esters is 1. The summed E-state index contributed by atoms with van der Waals surface area (Å²) in [5, 5.41) is 3.98.